The molecule has 1 aliphatic rings. The summed E-state index contributed by atoms with van der Waals surface area (Å²) in [6, 6.07) is 4.64. The Bertz CT molecular complexity index is 895. The van der Waals surface area contributed by atoms with Gasteiger partial charge in [0.15, 0.2) is 5.82 Å². The Morgan fingerprint density at radius 3 is 2.28 bits per heavy atom. The molecule has 1 unspecified atom stereocenters. The van der Waals surface area contributed by atoms with Crippen LogP contribution in [0.5, 0.6) is 0 Å². The minimum atomic E-state index is -4.38. The van der Waals surface area contributed by atoms with Crippen molar-refractivity contribution < 1.29 is 22.5 Å². The molecule has 0 aliphatic carbocycles. The van der Waals surface area contributed by atoms with Gasteiger partial charge < -0.3 is 9.42 Å². The first-order valence-corrected chi connectivity index (χ1v) is 10.9. The average Bonchev–Trinajstić information content (AvgIpc) is 3.15. The fraction of sp³-hybridized carbons (Fsp3) is 0.609. The average molecular weight is 453 g/mol. The summed E-state index contributed by atoms with van der Waals surface area (Å²) < 4.78 is 43.4. The van der Waals surface area contributed by atoms with E-state index in [2.05, 4.69) is 42.7 Å². The molecule has 2 heterocycles. The normalized spacial score (nSPS) is 16.9. The van der Waals surface area contributed by atoms with Crippen molar-refractivity contribution in [3.05, 3.63) is 35.7 Å². The molecule has 0 N–H and O–H groups in total. The highest BCUT2D eigenvalue weighted by Crippen LogP contribution is 2.31. The highest BCUT2D eigenvalue weighted by atomic mass is 19.4. The molecule has 9 heteroatoms. The van der Waals surface area contributed by atoms with Crippen molar-refractivity contribution in [2.24, 2.45) is 11.3 Å². The number of alkyl halides is 3. The van der Waals surface area contributed by atoms with E-state index in [0.717, 1.165) is 18.6 Å². The van der Waals surface area contributed by atoms with E-state index in [9.17, 15) is 18.0 Å². The zero-order valence-corrected chi connectivity index (χ0v) is 19.1. The van der Waals surface area contributed by atoms with Crippen LogP contribution in [0.15, 0.2) is 28.8 Å². The lowest BCUT2D eigenvalue weighted by atomic mass is 9.84. The van der Waals surface area contributed by atoms with Crippen LogP contribution in [-0.2, 0) is 17.5 Å². The van der Waals surface area contributed by atoms with Gasteiger partial charge in [0.2, 0.25) is 5.91 Å². The largest absolute Gasteiger partial charge is 0.416 e. The topological polar surface area (TPSA) is 62.5 Å². The van der Waals surface area contributed by atoms with Crippen molar-refractivity contribution in [2.45, 2.75) is 53.3 Å². The summed E-state index contributed by atoms with van der Waals surface area (Å²) in [5, 5.41) is 3.95. The summed E-state index contributed by atoms with van der Waals surface area (Å²) in [6.07, 6.45) is -2.80. The second-order valence-electron chi connectivity index (χ2n) is 9.82. The molecular formula is C23H31F3N4O2. The molecule has 1 atom stereocenters. The summed E-state index contributed by atoms with van der Waals surface area (Å²) in [7, 11) is 0. The first-order valence-electron chi connectivity index (χ1n) is 10.9. The van der Waals surface area contributed by atoms with Crippen molar-refractivity contribution >= 4 is 5.91 Å². The molecule has 0 spiro atoms. The Kier molecular flexibility index (Phi) is 7.27. The van der Waals surface area contributed by atoms with Crippen LogP contribution >= 0.6 is 0 Å². The number of piperazine rings is 1. The van der Waals surface area contributed by atoms with Crippen molar-refractivity contribution in [2.75, 3.05) is 26.2 Å². The number of hydrogen-bond donors (Lipinski definition) is 0. The number of carbonyl (C=O) groups is 1. The molecule has 0 radical (unpaired) electrons. The number of nitrogens with zero attached hydrogens (tertiary/aromatic N) is 4. The standard InChI is InChI=1S/C23H31F3N4O2/c1-16(14-22(2,3)4)13-20(31)30-11-9-29(10-12-30)15-19-27-21(32-28-19)17-5-7-18(8-6-17)23(24,25)26/h5-8,16H,9-15H2,1-4H3. The number of rotatable bonds is 6. The van der Waals surface area contributed by atoms with Crippen LogP contribution in [0.4, 0.5) is 13.2 Å². The second kappa shape index (κ2) is 9.60. The van der Waals surface area contributed by atoms with Gasteiger partial charge in [0.1, 0.15) is 0 Å². The Balaban J connectivity index is 1.49. The number of hydrogen-bond acceptors (Lipinski definition) is 5. The van der Waals surface area contributed by atoms with Crippen LogP contribution in [0.25, 0.3) is 11.5 Å². The minimum absolute atomic E-state index is 0.190. The summed E-state index contributed by atoms with van der Waals surface area (Å²) in [4.78, 5) is 21.0. The van der Waals surface area contributed by atoms with Crippen LogP contribution in [0.3, 0.4) is 0 Å². The molecule has 1 aromatic heterocycles. The van der Waals surface area contributed by atoms with Gasteiger partial charge >= 0.3 is 6.18 Å². The predicted molar refractivity (Wildman–Crippen MR) is 114 cm³/mol. The quantitative estimate of drug-likeness (QED) is 0.626. The fourth-order valence-corrected chi connectivity index (χ4v) is 4.14. The Morgan fingerprint density at radius 1 is 1.09 bits per heavy atom. The lowest BCUT2D eigenvalue weighted by Crippen LogP contribution is -2.48. The minimum Gasteiger partial charge on any atom is -0.340 e. The third-order valence-electron chi connectivity index (χ3n) is 5.50. The van der Waals surface area contributed by atoms with E-state index in [1.54, 1.807) is 0 Å². The molecule has 3 rings (SSSR count). The monoisotopic (exact) mass is 452 g/mol. The van der Waals surface area contributed by atoms with Crippen LogP contribution in [0.1, 0.15) is 51.9 Å². The van der Waals surface area contributed by atoms with Gasteiger partial charge in [0, 0.05) is 38.2 Å². The van der Waals surface area contributed by atoms with Crippen molar-refractivity contribution in [3.8, 4) is 11.5 Å². The van der Waals surface area contributed by atoms with Crippen molar-refractivity contribution in [1.29, 1.82) is 0 Å². The number of amides is 1. The first kappa shape index (κ1) is 24.2. The lowest BCUT2D eigenvalue weighted by Gasteiger charge is -2.35. The Labute approximate surface area is 186 Å². The molecule has 1 aromatic carbocycles. The first-order chi connectivity index (χ1) is 14.9. The molecule has 0 bridgehead atoms. The van der Waals surface area contributed by atoms with Gasteiger partial charge in [-0.1, -0.05) is 32.9 Å². The number of carbonyl (C=O) groups excluding carboxylic acids is 1. The summed E-state index contributed by atoms with van der Waals surface area (Å²) in [5.41, 5.74) is -0.0693. The van der Waals surface area contributed by atoms with E-state index in [4.69, 9.17) is 4.52 Å². The summed E-state index contributed by atoms with van der Waals surface area (Å²) in [5.74, 6) is 1.21. The van der Waals surface area contributed by atoms with E-state index in [-0.39, 0.29) is 17.2 Å². The Hall–Kier alpha value is -2.42. The highest BCUT2D eigenvalue weighted by molar-refractivity contribution is 5.76. The van der Waals surface area contributed by atoms with Crippen LogP contribution in [0.2, 0.25) is 0 Å². The van der Waals surface area contributed by atoms with E-state index in [0.29, 0.717) is 56.5 Å². The third-order valence-corrected chi connectivity index (χ3v) is 5.50. The maximum atomic E-state index is 12.7. The predicted octanol–water partition coefficient (Wildman–Crippen LogP) is 4.86. The molecule has 1 aliphatic heterocycles. The van der Waals surface area contributed by atoms with Gasteiger partial charge in [0.25, 0.3) is 5.89 Å². The number of benzene rings is 1. The van der Waals surface area contributed by atoms with Crippen LogP contribution in [-0.4, -0.2) is 52.0 Å². The third kappa shape index (κ3) is 6.79. The molecular weight excluding hydrogens is 421 g/mol. The molecule has 2 aromatic rings. The summed E-state index contributed by atoms with van der Waals surface area (Å²) in [6.45, 7) is 11.9. The number of halogens is 3. The molecule has 0 saturated carbocycles. The zero-order valence-electron chi connectivity index (χ0n) is 19.1. The van der Waals surface area contributed by atoms with Crippen molar-refractivity contribution in [1.82, 2.24) is 19.9 Å². The van der Waals surface area contributed by atoms with Gasteiger partial charge in [-0.3, -0.25) is 9.69 Å². The molecule has 32 heavy (non-hydrogen) atoms. The molecule has 1 amide bonds. The zero-order chi connectivity index (χ0) is 23.5. The Morgan fingerprint density at radius 2 is 1.72 bits per heavy atom. The van der Waals surface area contributed by atoms with E-state index >= 15 is 0 Å². The van der Waals surface area contributed by atoms with Crippen molar-refractivity contribution in [3.63, 3.8) is 0 Å². The van der Waals surface area contributed by atoms with Gasteiger partial charge in [-0.05, 0) is 42.0 Å². The van der Waals surface area contributed by atoms with E-state index < -0.39 is 11.7 Å². The molecule has 6 nitrogen and oxygen atoms in total. The van der Waals surface area contributed by atoms with Gasteiger partial charge in [0.05, 0.1) is 12.1 Å². The summed E-state index contributed by atoms with van der Waals surface area (Å²) >= 11 is 0. The second-order valence-corrected chi connectivity index (χ2v) is 9.82. The molecule has 176 valence electrons. The molecule has 1 fully saturated rings. The van der Waals surface area contributed by atoms with Gasteiger partial charge in [-0.25, -0.2) is 0 Å². The highest BCUT2D eigenvalue weighted by Gasteiger charge is 2.30. The van der Waals surface area contributed by atoms with Crippen LogP contribution in [0, 0.1) is 11.3 Å². The van der Waals surface area contributed by atoms with Crippen LogP contribution < -0.4 is 0 Å². The number of aromatic nitrogens is 2. The maximum Gasteiger partial charge on any atom is 0.416 e. The van der Waals surface area contributed by atoms with Gasteiger partial charge in [-0.15, -0.1) is 0 Å². The SMILES string of the molecule is CC(CC(=O)N1CCN(Cc2noc(-c3ccc(C(F)(F)F)cc3)n2)CC1)CC(C)(C)C. The fourth-order valence-electron chi connectivity index (χ4n) is 4.14. The smallest absolute Gasteiger partial charge is 0.340 e. The van der Waals surface area contributed by atoms with E-state index in [1.807, 2.05) is 4.90 Å². The maximum absolute atomic E-state index is 12.7. The van der Waals surface area contributed by atoms with Gasteiger partial charge in [-0.2, -0.15) is 18.2 Å². The van der Waals surface area contributed by atoms with E-state index in [1.165, 1.54) is 12.1 Å². The molecule has 1 saturated heterocycles. The lowest BCUT2D eigenvalue weighted by molar-refractivity contribution is -0.137.